The van der Waals surface area contributed by atoms with E-state index in [4.69, 9.17) is 22.1 Å². The molecule has 0 bridgehead atoms. The molecular weight excluding hydrogens is 502 g/mol. The SMILES string of the molecule is Cc1ccc(N=N/C(=N/NC(=O)c2cc(Cl)ccc2O)c2ccc(N(CCC#N)CCC#N)cc2C)cc1. The molecule has 3 aromatic rings. The third-order valence-electron chi connectivity index (χ3n) is 5.56. The van der Waals surface area contributed by atoms with Crippen LogP contribution in [0, 0.1) is 36.5 Å². The van der Waals surface area contributed by atoms with Gasteiger partial charge in [-0.1, -0.05) is 29.3 Å². The zero-order valence-electron chi connectivity index (χ0n) is 21.0. The molecule has 1 amide bonds. The molecule has 0 saturated carbocycles. The molecule has 0 spiro atoms. The summed E-state index contributed by atoms with van der Waals surface area (Å²) in [6, 6.07) is 21.4. The Balaban J connectivity index is 1.97. The molecule has 0 aliphatic rings. The zero-order valence-corrected chi connectivity index (χ0v) is 21.8. The highest BCUT2D eigenvalue weighted by atomic mass is 35.5. The second kappa shape index (κ2) is 13.5. The van der Waals surface area contributed by atoms with Gasteiger partial charge in [0.1, 0.15) is 5.75 Å². The second-order valence-electron chi connectivity index (χ2n) is 8.38. The first-order valence-corrected chi connectivity index (χ1v) is 12.1. The lowest BCUT2D eigenvalue weighted by Crippen LogP contribution is -2.25. The minimum absolute atomic E-state index is 0.0335. The summed E-state index contributed by atoms with van der Waals surface area (Å²) in [6.45, 7) is 4.82. The lowest BCUT2D eigenvalue weighted by atomic mass is 10.1. The highest BCUT2D eigenvalue weighted by Gasteiger charge is 2.15. The molecule has 0 atom stereocenters. The van der Waals surface area contributed by atoms with Crippen molar-refractivity contribution in [3.63, 3.8) is 0 Å². The summed E-state index contributed by atoms with van der Waals surface area (Å²) in [6.07, 6.45) is 0.651. The standard InChI is InChI=1S/C28H26ClN7O2/c1-19-5-8-22(9-6-19)32-33-27(34-35-28(38)25-18-21(29)7-12-26(25)37)24-11-10-23(17-20(24)2)36(15-3-13-30)16-4-14-31/h5-12,17-18,37H,3-4,15-16H2,1-2H3,(H,35,38)/b33-32?,34-27+. The van der Waals surface area contributed by atoms with Crippen molar-refractivity contribution in [2.75, 3.05) is 18.0 Å². The first kappa shape index (κ1) is 27.9. The number of hydrogen-bond donors (Lipinski definition) is 2. The number of aryl methyl sites for hydroxylation is 2. The number of rotatable bonds is 9. The van der Waals surface area contributed by atoms with Crippen LogP contribution in [0.15, 0.2) is 76.0 Å². The highest BCUT2D eigenvalue weighted by molar-refractivity contribution is 6.31. The molecule has 0 heterocycles. The molecule has 3 aromatic carbocycles. The number of azo groups is 1. The molecule has 0 fully saturated rings. The normalized spacial score (nSPS) is 11.1. The molecule has 192 valence electrons. The van der Waals surface area contributed by atoms with E-state index in [1.807, 2.05) is 55.1 Å². The summed E-state index contributed by atoms with van der Waals surface area (Å²) < 4.78 is 0. The van der Waals surface area contributed by atoms with Crippen LogP contribution in [-0.4, -0.2) is 29.9 Å². The van der Waals surface area contributed by atoms with Crippen LogP contribution in [0.4, 0.5) is 11.4 Å². The minimum atomic E-state index is -0.665. The van der Waals surface area contributed by atoms with Crippen LogP contribution in [-0.2, 0) is 0 Å². The average Bonchev–Trinajstić information content (AvgIpc) is 2.91. The number of benzene rings is 3. The van der Waals surface area contributed by atoms with Crippen LogP contribution in [0.2, 0.25) is 5.02 Å². The van der Waals surface area contributed by atoms with E-state index in [2.05, 4.69) is 32.9 Å². The molecule has 0 aliphatic carbocycles. The predicted molar refractivity (Wildman–Crippen MR) is 147 cm³/mol. The summed E-state index contributed by atoms with van der Waals surface area (Å²) >= 11 is 5.97. The van der Waals surface area contributed by atoms with Gasteiger partial charge in [0.2, 0.25) is 5.84 Å². The third-order valence-corrected chi connectivity index (χ3v) is 5.80. The Morgan fingerprint density at radius 2 is 1.66 bits per heavy atom. The fraction of sp³-hybridized carbons (Fsp3) is 0.214. The lowest BCUT2D eigenvalue weighted by molar-refractivity contribution is 0.0952. The van der Waals surface area contributed by atoms with Crippen LogP contribution in [0.25, 0.3) is 0 Å². The summed E-state index contributed by atoms with van der Waals surface area (Å²) in [5.41, 5.74) is 6.33. The maximum Gasteiger partial charge on any atom is 0.275 e. The molecule has 0 aromatic heterocycles. The van der Waals surface area contributed by atoms with E-state index in [1.165, 1.54) is 18.2 Å². The van der Waals surface area contributed by atoms with Gasteiger partial charge in [-0.3, -0.25) is 4.79 Å². The Hall–Kier alpha value is -4.73. The van der Waals surface area contributed by atoms with Gasteiger partial charge in [-0.2, -0.15) is 10.5 Å². The first-order valence-electron chi connectivity index (χ1n) is 11.8. The van der Waals surface area contributed by atoms with Crippen molar-refractivity contribution in [3.05, 3.63) is 87.9 Å². The number of halogens is 1. The van der Waals surface area contributed by atoms with Crippen molar-refractivity contribution in [2.45, 2.75) is 26.7 Å². The second-order valence-corrected chi connectivity index (χ2v) is 8.81. The average molecular weight is 528 g/mol. The zero-order chi connectivity index (χ0) is 27.5. The topological polar surface area (TPSA) is 137 Å². The van der Waals surface area contributed by atoms with Crippen LogP contribution >= 0.6 is 11.6 Å². The van der Waals surface area contributed by atoms with E-state index in [-0.39, 0.29) is 17.1 Å². The van der Waals surface area contributed by atoms with Crippen molar-refractivity contribution in [3.8, 4) is 17.9 Å². The number of nitrogens with zero attached hydrogens (tertiary/aromatic N) is 6. The van der Waals surface area contributed by atoms with Gasteiger partial charge in [-0.15, -0.1) is 15.3 Å². The summed E-state index contributed by atoms with van der Waals surface area (Å²) in [7, 11) is 0. The molecule has 0 aliphatic heterocycles. The van der Waals surface area contributed by atoms with Crippen LogP contribution in [0.5, 0.6) is 5.75 Å². The van der Waals surface area contributed by atoms with E-state index >= 15 is 0 Å². The van der Waals surface area contributed by atoms with Crippen molar-refractivity contribution in [1.29, 1.82) is 10.5 Å². The maximum absolute atomic E-state index is 12.7. The largest absolute Gasteiger partial charge is 0.507 e. The number of aromatic hydroxyl groups is 1. The van der Waals surface area contributed by atoms with Gasteiger partial charge < -0.3 is 10.0 Å². The molecule has 3 rings (SSSR count). The van der Waals surface area contributed by atoms with Gasteiger partial charge in [0, 0.05) is 29.4 Å². The van der Waals surface area contributed by atoms with Gasteiger partial charge in [-0.05, 0) is 67.9 Å². The van der Waals surface area contributed by atoms with Gasteiger partial charge in [0.25, 0.3) is 5.91 Å². The number of anilines is 1. The van der Waals surface area contributed by atoms with Crippen molar-refractivity contribution >= 4 is 34.7 Å². The van der Waals surface area contributed by atoms with E-state index in [0.717, 1.165) is 16.8 Å². The van der Waals surface area contributed by atoms with Crippen LogP contribution < -0.4 is 10.3 Å². The fourth-order valence-electron chi connectivity index (χ4n) is 3.54. The Labute approximate surface area is 226 Å². The van der Waals surface area contributed by atoms with Crippen molar-refractivity contribution in [1.82, 2.24) is 5.43 Å². The fourth-order valence-corrected chi connectivity index (χ4v) is 3.71. The number of amides is 1. The number of carbonyl (C=O) groups is 1. The van der Waals surface area contributed by atoms with E-state index < -0.39 is 5.91 Å². The number of amidine groups is 1. The van der Waals surface area contributed by atoms with E-state index in [0.29, 0.717) is 42.2 Å². The monoisotopic (exact) mass is 527 g/mol. The lowest BCUT2D eigenvalue weighted by Gasteiger charge is -2.23. The maximum atomic E-state index is 12.7. The molecule has 0 radical (unpaired) electrons. The van der Waals surface area contributed by atoms with Crippen LogP contribution in [0.3, 0.4) is 0 Å². The highest BCUT2D eigenvalue weighted by Crippen LogP contribution is 2.23. The molecule has 0 unspecified atom stereocenters. The number of nitrogens with one attached hydrogen (secondary N) is 1. The van der Waals surface area contributed by atoms with Gasteiger partial charge in [0.15, 0.2) is 0 Å². The molecule has 0 saturated heterocycles. The summed E-state index contributed by atoms with van der Waals surface area (Å²) in [4.78, 5) is 14.7. The molecule has 2 N–H and O–H groups in total. The number of phenolic OH excluding ortho intramolecular Hbond substituents is 1. The number of nitriles is 2. The molecule has 38 heavy (non-hydrogen) atoms. The van der Waals surface area contributed by atoms with Gasteiger partial charge in [0.05, 0.1) is 36.2 Å². The molecular formula is C28H26ClN7O2. The van der Waals surface area contributed by atoms with Crippen molar-refractivity contribution < 1.29 is 9.90 Å². The molecule has 10 heteroatoms. The van der Waals surface area contributed by atoms with E-state index in [9.17, 15) is 9.90 Å². The number of carbonyl (C=O) groups excluding carboxylic acids is 1. The smallest absolute Gasteiger partial charge is 0.275 e. The Morgan fingerprint density at radius 3 is 2.29 bits per heavy atom. The first-order chi connectivity index (χ1) is 18.3. The van der Waals surface area contributed by atoms with Gasteiger partial charge in [-0.25, -0.2) is 5.43 Å². The Morgan fingerprint density at radius 1 is 0.974 bits per heavy atom. The third kappa shape index (κ3) is 7.63. The minimum Gasteiger partial charge on any atom is -0.507 e. The van der Waals surface area contributed by atoms with Crippen LogP contribution in [0.1, 0.15) is 39.9 Å². The predicted octanol–water partition coefficient (Wildman–Crippen LogP) is 6.17. The number of phenols is 1. The summed E-state index contributed by atoms with van der Waals surface area (Å²) in [5, 5.41) is 41.2. The quantitative estimate of drug-likeness (QED) is 0.148. The van der Waals surface area contributed by atoms with Gasteiger partial charge >= 0.3 is 0 Å². The summed E-state index contributed by atoms with van der Waals surface area (Å²) in [5.74, 6) is -0.758. The number of hydrogen-bond acceptors (Lipinski definition) is 7. The Kier molecular flexibility index (Phi) is 9.93. The van der Waals surface area contributed by atoms with Crippen molar-refractivity contribution in [2.24, 2.45) is 15.3 Å². The Bertz CT molecular complexity index is 1420. The molecule has 9 nitrogen and oxygen atoms in total. The van der Waals surface area contributed by atoms with E-state index in [1.54, 1.807) is 6.07 Å². The number of hydrazone groups is 1.